The van der Waals surface area contributed by atoms with Gasteiger partial charge in [0, 0.05) is 25.7 Å². The maximum atomic E-state index is 13.5. The lowest BCUT2D eigenvalue weighted by molar-refractivity contribution is 0.0183. The molecule has 1 aromatic carbocycles. The molecular weight excluding hydrogens is 325 g/mol. The Kier molecular flexibility index (Phi) is 6.09. The quantitative estimate of drug-likeness (QED) is 0.848. The molecule has 2 amide bonds. The number of hydrogen-bond donors (Lipinski definition) is 1. The molecule has 0 aliphatic carbocycles. The van der Waals surface area contributed by atoms with Crippen molar-refractivity contribution in [2.75, 3.05) is 45.9 Å². The Morgan fingerprint density at radius 2 is 2.08 bits per heavy atom. The van der Waals surface area contributed by atoms with Gasteiger partial charge in [0.2, 0.25) is 0 Å². The maximum absolute atomic E-state index is 13.5. The lowest BCUT2D eigenvalue weighted by Gasteiger charge is -2.39. The van der Waals surface area contributed by atoms with Gasteiger partial charge in [-0.15, -0.1) is 0 Å². The lowest BCUT2D eigenvalue weighted by atomic mass is 10.1. The van der Waals surface area contributed by atoms with Crippen LogP contribution in [0.1, 0.15) is 13.3 Å². The molecule has 0 saturated carbocycles. The van der Waals surface area contributed by atoms with Crippen LogP contribution in [-0.4, -0.2) is 73.9 Å². The van der Waals surface area contributed by atoms with Crippen LogP contribution in [0.4, 0.5) is 9.18 Å². The van der Waals surface area contributed by atoms with Crippen molar-refractivity contribution >= 4 is 6.03 Å². The van der Waals surface area contributed by atoms with Gasteiger partial charge in [-0.25, -0.2) is 9.18 Å². The molecule has 1 aromatic rings. The van der Waals surface area contributed by atoms with Crippen molar-refractivity contribution in [2.45, 2.75) is 25.5 Å². The van der Waals surface area contributed by atoms with E-state index in [1.807, 2.05) is 0 Å². The zero-order valence-electron chi connectivity index (χ0n) is 14.6. The van der Waals surface area contributed by atoms with E-state index in [9.17, 15) is 9.18 Å². The van der Waals surface area contributed by atoms with E-state index < -0.39 is 0 Å². The van der Waals surface area contributed by atoms with E-state index in [4.69, 9.17) is 9.47 Å². The second kappa shape index (κ2) is 8.49. The number of nitrogens with one attached hydrogen (secondary N) is 1. The molecule has 1 unspecified atom stereocenters. The van der Waals surface area contributed by atoms with Crippen LogP contribution < -0.4 is 10.1 Å². The minimum atomic E-state index is -0.373. The summed E-state index contributed by atoms with van der Waals surface area (Å²) in [5.74, 6) is -0.130. The highest BCUT2D eigenvalue weighted by Gasteiger charge is 2.32. The molecule has 2 aliphatic heterocycles. The number of halogens is 1. The fourth-order valence-corrected chi connectivity index (χ4v) is 3.10. The van der Waals surface area contributed by atoms with E-state index in [0.29, 0.717) is 25.7 Å². The van der Waals surface area contributed by atoms with E-state index in [1.54, 1.807) is 23.1 Å². The molecule has 1 atom stereocenters. The van der Waals surface area contributed by atoms with Crippen LogP contribution in [0, 0.1) is 5.82 Å². The SMILES string of the molecule is CC(CCNC(=O)N1CC(Oc2ccccc2F)C1)N1CCOCC1. The molecule has 0 bridgehead atoms. The van der Waals surface area contributed by atoms with Crippen molar-refractivity contribution in [1.29, 1.82) is 0 Å². The summed E-state index contributed by atoms with van der Waals surface area (Å²) >= 11 is 0. The number of urea groups is 1. The summed E-state index contributed by atoms with van der Waals surface area (Å²) < 4.78 is 24.5. The van der Waals surface area contributed by atoms with Crippen molar-refractivity contribution in [3.63, 3.8) is 0 Å². The molecule has 2 saturated heterocycles. The number of hydrogen-bond acceptors (Lipinski definition) is 4. The van der Waals surface area contributed by atoms with Gasteiger partial charge in [0.1, 0.15) is 6.10 Å². The van der Waals surface area contributed by atoms with Gasteiger partial charge < -0.3 is 19.7 Å². The lowest BCUT2D eigenvalue weighted by Crippen LogP contribution is -2.59. The summed E-state index contributed by atoms with van der Waals surface area (Å²) in [7, 11) is 0. The summed E-state index contributed by atoms with van der Waals surface area (Å²) in [6.45, 7) is 7.28. The Bertz CT molecular complexity index is 574. The summed E-state index contributed by atoms with van der Waals surface area (Å²) in [5.41, 5.74) is 0. The predicted octanol–water partition coefficient (Wildman–Crippen LogP) is 1.71. The van der Waals surface area contributed by atoms with Crippen LogP contribution in [0.15, 0.2) is 24.3 Å². The van der Waals surface area contributed by atoms with E-state index >= 15 is 0 Å². The van der Waals surface area contributed by atoms with Gasteiger partial charge in [0.15, 0.2) is 11.6 Å². The third kappa shape index (κ3) is 4.83. The van der Waals surface area contributed by atoms with Gasteiger partial charge in [-0.3, -0.25) is 4.90 Å². The molecule has 2 aliphatic rings. The van der Waals surface area contributed by atoms with Crippen LogP contribution in [0.2, 0.25) is 0 Å². The zero-order chi connectivity index (χ0) is 17.6. The van der Waals surface area contributed by atoms with Gasteiger partial charge >= 0.3 is 6.03 Å². The van der Waals surface area contributed by atoms with E-state index in [-0.39, 0.29) is 23.7 Å². The number of amides is 2. The Hall–Kier alpha value is -1.86. The molecule has 1 N–H and O–H groups in total. The maximum Gasteiger partial charge on any atom is 0.317 e. The minimum Gasteiger partial charge on any atom is -0.484 e. The van der Waals surface area contributed by atoms with Crippen molar-refractivity contribution in [3.8, 4) is 5.75 Å². The molecule has 138 valence electrons. The second-order valence-corrected chi connectivity index (χ2v) is 6.59. The van der Waals surface area contributed by atoms with Crippen molar-refractivity contribution < 1.29 is 18.7 Å². The first-order chi connectivity index (χ1) is 12.1. The molecule has 25 heavy (non-hydrogen) atoms. The molecule has 0 spiro atoms. The molecule has 0 radical (unpaired) electrons. The number of rotatable bonds is 6. The number of nitrogens with zero attached hydrogens (tertiary/aromatic N) is 2. The van der Waals surface area contributed by atoms with Crippen LogP contribution >= 0.6 is 0 Å². The summed E-state index contributed by atoms with van der Waals surface area (Å²) in [6.07, 6.45) is 0.768. The zero-order valence-corrected chi connectivity index (χ0v) is 14.6. The van der Waals surface area contributed by atoms with Gasteiger partial charge in [0.25, 0.3) is 0 Å². The fourth-order valence-electron chi connectivity index (χ4n) is 3.10. The highest BCUT2D eigenvalue weighted by molar-refractivity contribution is 5.75. The first-order valence-corrected chi connectivity index (χ1v) is 8.89. The van der Waals surface area contributed by atoms with Crippen molar-refractivity contribution in [3.05, 3.63) is 30.1 Å². The highest BCUT2D eigenvalue weighted by atomic mass is 19.1. The van der Waals surface area contributed by atoms with Gasteiger partial charge in [0.05, 0.1) is 26.3 Å². The number of para-hydroxylation sites is 1. The average molecular weight is 351 g/mol. The first kappa shape index (κ1) is 17.9. The van der Waals surface area contributed by atoms with Gasteiger partial charge in [-0.05, 0) is 25.5 Å². The molecule has 3 rings (SSSR count). The van der Waals surface area contributed by atoms with Gasteiger partial charge in [-0.2, -0.15) is 0 Å². The third-order valence-corrected chi connectivity index (χ3v) is 4.77. The Labute approximate surface area is 147 Å². The molecule has 7 heteroatoms. The van der Waals surface area contributed by atoms with Gasteiger partial charge in [-0.1, -0.05) is 12.1 Å². The molecule has 2 fully saturated rings. The Morgan fingerprint density at radius 1 is 1.36 bits per heavy atom. The topological polar surface area (TPSA) is 54.0 Å². The van der Waals surface area contributed by atoms with Crippen LogP contribution in [0.5, 0.6) is 5.75 Å². The standard InChI is InChI=1S/C18H26FN3O3/c1-14(21-8-10-24-11-9-21)6-7-20-18(23)22-12-15(13-22)25-17-5-3-2-4-16(17)19/h2-5,14-15H,6-13H2,1H3,(H,20,23). The fraction of sp³-hybridized carbons (Fsp3) is 0.611. The normalized spacial score (nSPS) is 20.0. The van der Waals surface area contributed by atoms with Crippen LogP contribution in [0.3, 0.4) is 0 Å². The predicted molar refractivity (Wildman–Crippen MR) is 92.3 cm³/mol. The smallest absolute Gasteiger partial charge is 0.317 e. The largest absolute Gasteiger partial charge is 0.484 e. The number of ether oxygens (including phenoxy) is 2. The van der Waals surface area contributed by atoms with Crippen molar-refractivity contribution in [2.24, 2.45) is 0 Å². The molecular formula is C18H26FN3O3. The van der Waals surface area contributed by atoms with Crippen LogP contribution in [0.25, 0.3) is 0 Å². The number of carbonyl (C=O) groups is 1. The number of morpholine rings is 1. The number of carbonyl (C=O) groups excluding carboxylic acids is 1. The molecule has 6 nitrogen and oxygen atoms in total. The van der Waals surface area contributed by atoms with Crippen molar-refractivity contribution in [1.82, 2.24) is 15.1 Å². The monoisotopic (exact) mass is 351 g/mol. The van der Waals surface area contributed by atoms with E-state index in [1.165, 1.54) is 6.07 Å². The third-order valence-electron chi connectivity index (χ3n) is 4.77. The summed E-state index contributed by atoms with van der Waals surface area (Å²) in [4.78, 5) is 16.2. The van der Waals surface area contributed by atoms with E-state index in [2.05, 4.69) is 17.1 Å². The van der Waals surface area contributed by atoms with Crippen LogP contribution in [-0.2, 0) is 4.74 Å². The molecule has 2 heterocycles. The highest BCUT2D eigenvalue weighted by Crippen LogP contribution is 2.21. The summed E-state index contributed by atoms with van der Waals surface area (Å²) in [6, 6.07) is 6.68. The first-order valence-electron chi connectivity index (χ1n) is 8.89. The van der Waals surface area contributed by atoms with E-state index in [0.717, 1.165) is 32.7 Å². The second-order valence-electron chi connectivity index (χ2n) is 6.59. The number of likely N-dealkylation sites (tertiary alicyclic amines) is 1. The molecule has 0 aromatic heterocycles. The minimum absolute atomic E-state index is 0.0810. The number of benzene rings is 1. The Morgan fingerprint density at radius 3 is 2.80 bits per heavy atom. The Balaban J connectivity index is 1.32. The summed E-state index contributed by atoms with van der Waals surface area (Å²) in [5, 5.41) is 2.95. The average Bonchev–Trinajstić information content (AvgIpc) is 2.59.